The molecule has 1 unspecified atom stereocenters. The van der Waals surface area contributed by atoms with E-state index in [-0.39, 0.29) is 48.4 Å². The van der Waals surface area contributed by atoms with Gasteiger partial charge in [0.1, 0.15) is 23.4 Å². The maximum absolute atomic E-state index is 16.8. The number of aromatic nitrogens is 1. The quantitative estimate of drug-likeness (QED) is 0.132. The number of esters is 1. The van der Waals surface area contributed by atoms with E-state index in [2.05, 4.69) is 5.32 Å². The summed E-state index contributed by atoms with van der Waals surface area (Å²) >= 11 is 0. The summed E-state index contributed by atoms with van der Waals surface area (Å²) in [5.41, 5.74) is -6.09. The molecule has 1 aliphatic rings. The number of alkyl halides is 6. The molecular weight excluding hydrogens is 730 g/mol. The van der Waals surface area contributed by atoms with E-state index in [0.29, 0.717) is 30.8 Å². The van der Waals surface area contributed by atoms with Crippen LogP contribution in [0.1, 0.15) is 85.5 Å². The van der Waals surface area contributed by atoms with Gasteiger partial charge in [0.2, 0.25) is 5.91 Å². The molecule has 1 saturated heterocycles. The first-order valence-corrected chi connectivity index (χ1v) is 17.4. The van der Waals surface area contributed by atoms with Crippen molar-refractivity contribution in [2.24, 2.45) is 5.92 Å². The fraction of sp³-hybridized carbons (Fsp3) is 0.500. The van der Waals surface area contributed by atoms with Gasteiger partial charge in [-0.1, -0.05) is 19.9 Å². The molecule has 1 N–H and O–H groups in total. The Bertz CT molecular complexity index is 1920. The normalized spacial score (nSPS) is 14.8. The van der Waals surface area contributed by atoms with Crippen LogP contribution in [0.5, 0.6) is 5.75 Å². The number of carbonyl (C=O) groups is 2. The maximum Gasteiger partial charge on any atom is 0.419 e. The number of ether oxygens (including phenoxy) is 2. The highest BCUT2D eigenvalue weighted by Gasteiger charge is 2.41. The Balaban J connectivity index is 1.92. The molecule has 0 spiro atoms. The zero-order valence-electron chi connectivity index (χ0n) is 30.7. The van der Waals surface area contributed by atoms with Crippen LogP contribution in [-0.4, -0.2) is 54.7 Å². The maximum atomic E-state index is 16.8. The molecule has 0 radical (unpaired) electrons. The third kappa shape index (κ3) is 9.42. The van der Waals surface area contributed by atoms with Crippen molar-refractivity contribution in [2.75, 3.05) is 33.4 Å². The van der Waals surface area contributed by atoms with E-state index in [4.69, 9.17) is 9.47 Å². The Labute approximate surface area is 307 Å². The number of carbonyl (C=O) groups excluding carboxylic acids is 2. The van der Waals surface area contributed by atoms with E-state index in [0.717, 1.165) is 17.2 Å². The lowest BCUT2D eigenvalue weighted by Gasteiger charge is -2.31. The van der Waals surface area contributed by atoms with E-state index in [1.54, 1.807) is 13.8 Å². The van der Waals surface area contributed by atoms with Crippen molar-refractivity contribution < 1.29 is 54.2 Å². The molecule has 2 atom stereocenters. The lowest BCUT2D eigenvalue weighted by atomic mass is 9.88. The van der Waals surface area contributed by atoms with Gasteiger partial charge < -0.3 is 24.3 Å². The van der Waals surface area contributed by atoms with Gasteiger partial charge in [-0.2, -0.15) is 26.3 Å². The van der Waals surface area contributed by atoms with Crippen molar-refractivity contribution in [3.8, 4) is 16.9 Å². The first-order valence-electron chi connectivity index (χ1n) is 17.4. The van der Waals surface area contributed by atoms with E-state index in [1.165, 1.54) is 40.0 Å². The number of amides is 1. The number of likely N-dealkylation sites (tertiary alicyclic amines) is 1. The number of aryl methyl sites for hydroxylation is 1. The van der Waals surface area contributed by atoms with Gasteiger partial charge in [0.05, 0.1) is 37.3 Å². The molecule has 2 heterocycles. The molecule has 296 valence electrons. The lowest BCUT2D eigenvalue weighted by molar-refractivity contribution is -0.144. The summed E-state index contributed by atoms with van der Waals surface area (Å²) < 4.78 is 130. The number of methoxy groups -OCH3 is 1. The third-order valence-corrected chi connectivity index (χ3v) is 9.44. The van der Waals surface area contributed by atoms with Crippen molar-refractivity contribution in [3.05, 3.63) is 85.8 Å². The fourth-order valence-electron chi connectivity index (χ4n) is 6.67. The Morgan fingerprint density at radius 1 is 0.963 bits per heavy atom. The van der Waals surface area contributed by atoms with Crippen molar-refractivity contribution in [1.29, 1.82) is 0 Å². The predicted molar refractivity (Wildman–Crippen MR) is 184 cm³/mol. The SMILES string of the molecule is CCOC(=O)C[C@H](NC(=O)C(CC(C)C)n1cc(CCN2CCC2)c(C(F)(F)F)cc1=O)c1c(F)c(-c2c(C)ccc(OC)c2C)cc(C(F)(F)F)c1F. The molecule has 16 heteroatoms. The van der Waals surface area contributed by atoms with Crippen molar-refractivity contribution in [2.45, 2.75) is 84.7 Å². The number of halogens is 8. The van der Waals surface area contributed by atoms with Gasteiger partial charge in [-0.3, -0.25) is 14.4 Å². The zero-order valence-corrected chi connectivity index (χ0v) is 30.7. The van der Waals surface area contributed by atoms with Crippen LogP contribution in [0.4, 0.5) is 35.1 Å². The van der Waals surface area contributed by atoms with Crippen LogP contribution >= 0.6 is 0 Å². The van der Waals surface area contributed by atoms with Gasteiger partial charge in [0.25, 0.3) is 5.56 Å². The van der Waals surface area contributed by atoms with Crippen molar-refractivity contribution in [3.63, 3.8) is 0 Å². The summed E-state index contributed by atoms with van der Waals surface area (Å²) in [7, 11) is 1.30. The first-order chi connectivity index (χ1) is 25.2. The second-order valence-corrected chi connectivity index (χ2v) is 13.7. The number of nitrogens with one attached hydrogen (secondary N) is 1. The van der Waals surface area contributed by atoms with Gasteiger partial charge in [0, 0.05) is 29.9 Å². The highest BCUT2D eigenvalue weighted by molar-refractivity contribution is 5.82. The van der Waals surface area contributed by atoms with Crippen LogP contribution in [0, 0.1) is 31.4 Å². The van der Waals surface area contributed by atoms with E-state index < -0.39 is 88.1 Å². The summed E-state index contributed by atoms with van der Waals surface area (Å²) in [6, 6.07) is -0.0815. The number of benzene rings is 2. The molecular formula is C38H43F8N3O5. The topological polar surface area (TPSA) is 89.9 Å². The number of rotatable bonds is 14. The average molecular weight is 774 g/mol. The smallest absolute Gasteiger partial charge is 0.419 e. The minimum absolute atomic E-state index is 0.0560. The van der Waals surface area contributed by atoms with E-state index in [1.807, 2.05) is 4.90 Å². The molecule has 8 nitrogen and oxygen atoms in total. The van der Waals surface area contributed by atoms with Crippen LogP contribution in [0.15, 0.2) is 35.3 Å². The average Bonchev–Trinajstić information content (AvgIpc) is 3.03. The van der Waals surface area contributed by atoms with Gasteiger partial charge in [-0.25, -0.2) is 8.78 Å². The number of hydrogen-bond donors (Lipinski definition) is 1. The molecule has 4 rings (SSSR count). The Kier molecular flexibility index (Phi) is 13.2. The summed E-state index contributed by atoms with van der Waals surface area (Å²) in [6.07, 6.45) is -9.82. The fourth-order valence-corrected chi connectivity index (χ4v) is 6.67. The second-order valence-electron chi connectivity index (χ2n) is 13.7. The molecule has 54 heavy (non-hydrogen) atoms. The van der Waals surface area contributed by atoms with Gasteiger partial charge in [-0.05, 0) is 93.4 Å². The zero-order chi connectivity index (χ0) is 40.3. The summed E-state index contributed by atoms with van der Waals surface area (Å²) in [5.74, 6) is -6.13. The molecule has 2 aromatic carbocycles. The van der Waals surface area contributed by atoms with Gasteiger partial charge in [-0.15, -0.1) is 0 Å². The predicted octanol–water partition coefficient (Wildman–Crippen LogP) is 8.10. The molecule has 0 bridgehead atoms. The van der Waals surface area contributed by atoms with Gasteiger partial charge >= 0.3 is 18.3 Å². The minimum atomic E-state index is -5.37. The van der Waals surface area contributed by atoms with Crippen LogP contribution in [0.2, 0.25) is 0 Å². The first kappa shape index (κ1) is 42.3. The molecule has 1 aromatic heterocycles. The van der Waals surface area contributed by atoms with Crippen molar-refractivity contribution >= 4 is 11.9 Å². The Hall–Kier alpha value is -4.47. The van der Waals surface area contributed by atoms with E-state index in [9.17, 15) is 40.7 Å². The van der Waals surface area contributed by atoms with Crippen LogP contribution in [0.3, 0.4) is 0 Å². The summed E-state index contributed by atoms with van der Waals surface area (Å²) in [4.78, 5) is 42.3. The lowest BCUT2D eigenvalue weighted by Crippen LogP contribution is -2.41. The minimum Gasteiger partial charge on any atom is -0.496 e. The molecule has 0 saturated carbocycles. The summed E-state index contributed by atoms with van der Waals surface area (Å²) in [5, 5.41) is 2.28. The molecule has 1 fully saturated rings. The molecule has 1 aliphatic heterocycles. The molecule has 0 aliphatic carbocycles. The molecule has 1 amide bonds. The highest BCUT2D eigenvalue weighted by Crippen LogP contribution is 2.43. The highest BCUT2D eigenvalue weighted by atomic mass is 19.4. The number of hydrogen-bond acceptors (Lipinski definition) is 6. The van der Waals surface area contributed by atoms with E-state index >= 15 is 8.78 Å². The number of nitrogens with zero attached hydrogens (tertiary/aromatic N) is 2. The largest absolute Gasteiger partial charge is 0.496 e. The third-order valence-electron chi connectivity index (χ3n) is 9.44. The van der Waals surface area contributed by atoms with Crippen LogP contribution < -0.4 is 15.6 Å². The van der Waals surface area contributed by atoms with Crippen molar-refractivity contribution in [1.82, 2.24) is 14.8 Å². The Morgan fingerprint density at radius 2 is 1.61 bits per heavy atom. The van der Waals surface area contributed by atoms with Gasteiger partial charge in [0.15, 0.2) is 0 Å². The van der Waals surface area contributed by atoms with Crippen LogP contribution in [-0.2, 0) is 33.1 Å². The molecule has 3 aromatic rings. The number of pyridine rings is 1. The van der Waals surface area contributed by atoms with Crippen LogP contribution in [0.25, 0.3) is 11.1 Å². The second kappa shape index (κ2) is 16.9. The monoisotopic (exact) mass is 773 g/mol. The standard InChI is InChI=1S/C38H43F8N3O5/c1-7-54-31(51)18-27(33-34(39)24(16-26(35(33)40)38(44,45)46)32-21(4)9-10-29(53-6)22(32)5)47-36(52)28(15-20(2)3)49-19-23(11-14-48-12-8-13-48)25(17-30(49)50)37(41,42)43/h9-10,16-17,19-20,27-28H,7-8,11-15,18H2,1-6H3,(H,47,52)/t27-,28?/m0/s1. The Morgan fingerprint density at radius 3 is 2.15 bits per heavy atom. The summed E-state index contributed by atoms with van der Waals surface area (Å²) in [6.45, 7) is 9.05.